The van der Waals surface area contributed by atoms with Crippen LogP contribution in [0.4, 0.5) is 5.13 Å². The molecule has 0 spiro atoms. The van der Waals surface area contributed by atoms with E-state index in [0.29, 0.717) is 23.7 Å². The summed E-state index contributed by atoms with van der Waals surface area (Å²) in [5.74, 6) is -0.354. The zero-order valence-corrected chi connectivity index (χ0v) is 19.3. The Balaban J connectivity index is 1.48. The van der Waals surface area contributed by atoms with E-state index in [1.807, 2.05) is 61.5 Å². The third kappa shape index (κ3) is 5.43. The van der Waals surface area contributed by atoms with Crippen LogP contribution >= 0.6 is 11.3 Å². The van der Waals surface area contributed by atoms with Crippen molar-refractivity contribution in [2.45, 2.75) is 32.2 Å². The highest BCUT2D eigenvalue weighted by Gasteiger charge is 2.35. The molecule has 2 aromatic carbocycles. The number of hydrogen-bond donors (Lipinski definition) is 1. The second-order valence-electron chi connectivity index (χ2n) is 7.68. The molecule has 1 atom stereocenters. The van der Waals surface area contributed by atoms with E-state index in [9.17, 15) is 9.59 Å². The van der Waals surface area contributed by atoms with Gasteiger partial charge in [0.15, 0.2) is 0 Å². The third-order valence-corrected chi connectivity index (χ3v) is 6.40. The molecule has 2 amide bonds. The van der Waals surface area contributed by atoms with Gasteiger partial charge in [-0.25, -0.2) is 0 Å². The number of nitrogens with one attached hydrogen (secondary N) is 1. The van der Waals surface area contributed by atoms with Gasteiger partial charge in [-0.2, -0.15) is 0 Å². The molecule has 9 heteroatoms. The number of rotatable bonds is 7. The van der Waals surface area contributed by atoms with Crippen molar-refractivity contribution in [3.8, 4) is 11.1 Å². The second-order valence-corrected chi connectivity index (χ2v) is 8.74. The minimum absolute atomic E-state index is 0.137. The molecule has 0 saturated carbocycles. The summed E-state index contributed by atoms with van der Waals surface area (Å²) in [6.45, 7) is 2.31. The van der Waals surface area contributed by atoms with Crippen LogP contribution in [-0.2, 0) is 16.1 Å². The molecule has 33 heavy (non-hydrogen) atoms. The molecule has 0 aliphatic carbocycles. The Morgan fingerprint density at radius 2 is 1.85 bits per heavy atom. The van der Waals surface area contributed by atoms with Crippen LogP contribution < -0.4 is 5.32 Å². The van der Waals surface area contributed by atoms with Crippen LogP contribution in [0.5, 0.6) is 0 Å². The molecule has 1 aromatic heterocycles. The largest absolute Gasteiger partial charge is 0.399 e. The van der Waals surface area contributed by atoms with Gasteiger partial charge in [-0.3, -0.25) is 9.59 Å². The van der Waals surface area contributed by atoms with Crippen molar-refractivity contribution < 1.29 is 14.4 Å². The fraction of sp³-hybridized carbons (Fsp3) is 0.292. The van der Waals surface area contributed by atoms with Crippen LogP contribution in [0.1, 0.15) is 35.1 Å². The summed E-state index contributed by atoms with van der Waals surface area (Å²) >= 11 is 1.35. The minimum atomic E-state index is -0.321. The first-order chi connectivity index (χ1) is 16.1. The molecule has 1 aliphatic rings. The molecule has 1 N–H and O–H groups in total. The van der Waals surface area contributed by atoms with Crippen LogP contribution in [0.2, 0.25) is 0 Å². The topological polar surface area (TPSA) is 96.8 Å². The van der Waals surface area contributed by atoms with Gasteiger partial charge in [0.25, 0.3) is 5.91 Å². The van der Waals surface area contributed by atoms with Crippen molar-refractivity contribution in [3.05, 3.63) is 65.2 Å². The highest BCUT2D eigenvalue weighted by atomic mass is 32.1. The Labute approximate surface area is 196 Å². The molecule has 0 unspecified atom stereocenters. The third-order valence-electron chi connectivity index (χ3n) is 5.42. The zero-order valence-electron chi connectivity index (χ0n) is 18.5. The summed E-state index contributed by atoms with van der Waals surface area (Å²) < 4.78 is 0. The molecule has 8 nitrogen and oxygen atoms in total. The molecule has 170 valence electrons. The predicted octanol–water partition coefficient (Wildman–Crippen LogP) is 4.01. The lowest BCUT2D eigenvalue weighted by atomic mass is 10.0. The molecule has 1 saturated heterocycles. The number of carbonyl (C=O) groups is 2. The SMILES string of the molecule is CCc1nnc(NC(=O)C[C@@H]2CC(=NOC)CN2C(=O)c2ccc(-c3ccccc3)cc2)s1. The van der Waals surface area contributed by atoms with Gasteiger partial charge in [0, 0.05) is 24.4 Å². The van der Waals surface area contributed by atoms with E-state index in [-0.39, 0.29) is 24.3 Å². The Kier molecular flexibility index (Phi) is 7.09. The first-order valence-corrected chi connectivity index (χ1v) is 11.6. The summed E-state index contributed by atoms with van der Waals surface area (Å²) in [4.78, 5) is 32.6. The Morgan fingerprint density at radius 3 is 2.52 bits per heavy atom. The minimum Gasteiger partial charge on any atom is -0.399 e. The molecule has 2 heterocycles. The van der Waals surface area contributed by atoms with Crippen molar-refractivity contribution in [1.29, 1.82) is 0 Å². The van der Waals surface area contributed by atoms with Crippen molar-refractivity contribution in [3.63, 3.8) is 0 Å². The van der Waals surface area contributed by atoms with Crippen LogP contribution in [0, 0.1) is 0 Å². The van der Waals surface area contributed by atoms with Crippen LogP contribution in [0.15, 0.2) is 59.8 Å². The van der Waals surface area contributed by atoms with Crippen molar-refractivity contribution >= 4 is 34.0 Å². The van der Waals surface area contributed by atoms with Gasteiger partial charge in [0.2, 0.25) is 11.0 Å². The fourth-order valence-electron chi connectivity index (χ4n) is 3.82. The van der Waals surface area contributed by atoms with Gasteiger partial charge in [0.05, 0.1) is 12.3 Å². The maximum Gasteiger partial charge on any atom is 0.254 e. The first-order valence-electron chi connectivity index (χ1n) is 10.7. The molecule has 0 bridgehead atoms. The first kappa shape index (κ1) is 22.6. The smallest absolute Gasteiger partial charge is 0.254 e. The molecule has 1 aliphatic heterocycles. The van der Waals surface area contributed by atoms with E-state index >= 15 is 0 Å². The number of carbonyl (C=O) groups excluding carboxylic acids is 2. The molecule has 0 radical (unpaired) electrons. The van der Waals surface area contributed by atoms with E-state index in [1.54, 1.807) is 4.90 Å². The highest BCUT2D eigenvalue weighted by molar-refractivity contribution is 7.15. The number of anilines is 1. The van der Waals surface area contributed by atoms with E-state index in [2.05, 4.69) is 20.7 Å². The average molecular weight is 464 g/mol. The molecular weight excluding hydrogens is 438 g/mol. The Hall–Kier alpha value is -3.59. The molecular formula is C24H25N5O3S. The summed E-state index contributed by atoms with van der Waals surface area (Å²) in [6, 6.07) is 17.2. The van der Waals surface area contributed by atoms with E-state index < -0.39 is 0 Å². The average Bonchev–Trinajstić information content (AvgIpc) is 3.46. The molecule has 3 aromatic rings. The second kappa shape index (κ2) is 10.4. The number of amides is 2. The van der Waals surface area contributed by atoms with Gasteiger partial charge < -0.3 is 15.1 Å². The van der Waals surface area contributed by atoms with Gasteiger partial charge in [-0.05, 0) is 29.7 Å². The maximum absolute atomic E-state index is 13.3. The maximum atomic E-state index is 13.3. The Bertz CT molecular complexity index is 1140. The number of benzene rings is 2. The number of hydrogen-bond acceptors (Lipinski definition) is 7. The predicted molar refractivity (Wildman–Crippen MR) is 128 cm³/mol. The van der Waals surface area contributed by atoms with Crippen LogP contribution in [0.3, 0.4) is 0 Å². The fourth-order valence-corrected chi connectivity index (χ4v) is 4.52. The van der Waals surface area contributed by atoms with Crippen LogP contribution in [-0.4, -0.2) is 52.3 Å². The van der Waals surface area contributed by atoms with Crippen molar-refractivity contribution in [2.75, 3.05) is 19.0 Å². The number of aromatic nitrogens is 2. The van der Waals surface area contributed by atoms with Crippen molar-refractivity contribution in [1.82, 2.24) is 15.1 Å². The number of likely N-dealkylation sites (tertiary alicyclic amines) is 1. The van der Waals surface area contributed by atoms with Crippen LogP contribution in [0.25, 0.3) is 11.1 Å². The lowest BCUT2D eigenvalue weighted by Crippen LogP contribution is -2.38. The van der Waals surface area contributed by atoms with Crippen molar-refractivity contribution in [2.24, 2.45) is 5.16 Å². The van der Waals surface area contributed by atoms with Gasteiger partial charge in [0.1, 0.15) is 12.1 Å². The summed E-state index contributed by atoms with van der Waals surface area (Å²) in [6.07, 6.45) is 1.38. The highest BCUT2D eigenvalue weighted by Crippen LogP contribution is 2.25. The van der Waals surface area contributed by atoms with Gasteiger partial charge >= 0.3 is 0 Å². The summed E-state index contributed by atoms with van der Waals surface area (Å²) in [5, 5.41) is 16.2. The lowest BCUT2D eigenvalue weighted by molar-refractivity contribution is -0.117. The zero-order chi connectivity index (χ0) is 23.2. The van der Waals surface area contributed by atoms with Gasteiger partial charge in [-0.1, -0.05) is 65.9 Å². The molecule has 1 fully saturated rings. The number of aryl methyl sites for hydroxylation is 1. The van der Waals surface area contributed by atoms with E-state index in [4.69, 9.17) is 4.84 Å². The van der Waals surface area contributed by atoms with Gasteiger partial charge in [-0.15, -0.1) is 10.2 Å². The lowest BCUT2D eigenvalue weighted by Gasteiger charge is -2.23. The number of oxime groups is 1. The monoisotopic (exact) mass is 463 g/mol. The van der Waals surface area contributed by atoms with E-state index in [1.165, 1.54) is 18.4 Å². The number of nitrogens with zero attached hydrogens (tertiary/aromatic N) is 4. The Morgan fingerprint density at radius 1 is 1.12 bits per heavy atom. The normalized spacial score (nSPS) is 16.7. The standard InChI is InChI=1S/C24H25N5O3S/c1-3-22-26-27-24(33-22)25-21(30)14-20-13-19(28-32-2)15-29(20)23(31)18-11-9-17(10-12-18)16-7-5-4-6-8-16/h4-12,20H,3,13-15H2,1-2H3,(H,25,27,30)/t20-/m0/s1. The summed E-state index contributed by atoms with van der Waals surface area (Å²) in [7, 11) is 1.47. The molecule has 4 rings (SSSR count). The van der Waals surface area contributed by atoms with E-state index in [0.717, 1.165) is 28.3 Å². The summed E-state index contributed by atoms with van der Waals surface area (Å²) in [5.41, 5.74) is 3.42. The quantitative estimate of drug-likeness (QED) is 0.534.